The Kier molecular flexibility index (Phi) is 6.02. The molecular formula is C14H20F3N3O. The maximum atomic E-state index is 12.1. The molecule has 0 heterocycles. The van der Waals surface area contributed by atoms with Crippen LogP contribution in [0.4, 0.5) is 24.5 Å². The van der Waals surface area contributed by atoms with Gasteiger partial charge in [-0.05, 0) is 31.7 Å². The Morgan fingerprint density at radius 3 is 2.62 bits per heavy atom. The molecule has 1 aromatic rings. The Balaban J connectivity index is 2.39. The maximum absolute atomic E-state index is 12.1. The number of hydrogen-bond acceptors (Lipinski definition) is 3. The molecule has 1 amide bonds. The van der Waals surface area contributed by atoms with Crippen LogP contribution < -0.4 is 11.1 Å². The number of aryl methyl sites for hydroxylation is 1. The summed E-state index contributed by atoms with van der Waals surface area (Å²) in [7, 11) is 1.56. The van der Waals surface area contributed by atoms with Crippen molar-refractivity contribution in [3.05, 3.63) is 23.8 Å². The van der Waals surface area contributed by atoms with Crippen molar-refractivity contribution < 1.29 is 18.0 Å². The zero-order chi connectivity index (χ0) is 16.0. The number of carbonyl (C=O) groups is 1. The third-order valence-corrected chi connectivity index (χ3v) is 3.03. The highest BCUT2D eigenvalue weighted by Crippen LogP contribution is 2.20. The standard InChI is InChI=1S/C14H20F3N3O/c1-10-3-4-11(18)9-12(10)19-13(21)5-7-20(2)8-6-14(15,16)17/h3-4,9H,5-8,18H2,1-2H3,(H,19,21). The van der Waals surface area contributed by atoms with Crippen molar-refractivity contribution in [1.29, 1.82) is 0 Å². The molecule has 1 aromatic carbocycles. The largest absolute Gasteiger partial charge is 0.399 e. The molecule has 0 saturated carbocycles. The summed E-state index contributed by atoms with van der Waals surface area (Å²) in [4.78, 5) is 13.3. The van der Waals surface area contributed by atoms with Crippen molar-refractivity contribution in [3.8, 4) is 0 Å². The highest BCUT2D eigenvalue weighted by molar-refractivity contribution is 5.92. The Morgan fingerprint density at radius 2 is 2.00 bits per heavy atom. The maximum Gasteiger partial charge on any atom is 0.390 e. The van der Waals surface area contributed by atoms with Crippen LogP contribution in [0.2, 0.25) is 0 Å². The summed E-state index contributed by atoms with van der Waals surface area (Å²) in [5.41, 5.74) is 7.68. The summed E-state index contributed by atoms with van der Waals surface area (Å²) in [6.45, 7) is 1.99. The van der Waals surface area contributed by atoms with Crippen molar-refractivity contribution in [1.82, 2.24) is 4.90 Å². The molecule has 0 unspecified atom stereocenters. The smallest absolute Gasteiger partial charge is 0.390 e. The average Bonchev–Trinajstić information content (AvgIpc) is 2.37. The van der Waals surface area contributed by atoms with Gasteiger partial charge in [0.2, 0.25) is 5.91 Å². The highest BCUT2D eigenvalue weighted by Gasteiger charge is 2.27. The summed E-state index contributed by atoms with van der Waals surface area (Å²) in [6.07, 6.45) is -4.92. The fourth-order valence-corrected chi connectivity index (χ4v) is 1.71. The van der Waals surface area contributed by atoms with Crippen LogP contribution in [0.3, 0.4) is 0 Å². The van der Waals surface area contributed by atoms with Crippen molar-refractivity contribution in [2.45, 2.75) is 25.9 Å². The van der Waals surface area contributed by atoms with E-state index < -0.39 is 12.6 Å². The van der Waals surface area contributed by atoms with E-state index in [1.165, 1.54) is 4.90 Å². The topological polar surface area (TPSA) is 58.4 Å². The zero-order valence-corrected chi connectivity index (χ0v) is 12.1. The van der Waals surface area contributed by atoms with Crippen LogP contribution in [0, 0.1) is 6.92 Å². The molecule has 0 bridgehead atoms. The molecule has 21 heavy (non-hydrogen) atoms. The Morgan fingerprint density at radius 1 is 1.33 bits per heavy atom. The number of halogens is 3. The minimum atomic E-state index is -4.17. The minimum Gasteiger partial charge on any atom is -0.399 e. The Labute approximate surface area is 122 Å². The van der Waals surface area contributed by atoms with E-state index in [1.807, 2.05) is 6.92 Å². The summed E-state index contributed by atoms with van der Waals surface area (Å²) in [5, 5.41) is 2.71. The fraction of sp³-hybridized carbons (Fsp3) is 0.500. The quantitative estimate of drug-likeness (QED) is 0.795. The van der Waals surface area contributed by atoms with Crippen LogP contribution in [-0.2, 0) is 4.79 Å². The van der Waals surface area contributed by atoms with Gasteiger partial charge in [-0.3, -0.25) is 4.79 Å². The minimum absolute atomic E-state index is 0.117. The molecule has 0 aliphatic heterocycles. The van der Waals surface area contributed by atoms with Gasteiger partial charge >= 0.3 is 6.18 Å². The van der Waals surface area contributed by atoms with Crippen LogP contribution in [0.15, 0.2) is 18.2 Å². The van der Waals surface area contributed by atoms with E-state index in [1.54, 1.807) is 25.2 Å². The van der Waals surface area contributed by atoms with Crippen LogP contribution in [0.5, 0.6) is 0 Å². The lowest BCUT2D eigenvalue weighted by Gasteiger charge is -2.17. The van der Waals surface area contributed by atoms with Crippen LogP contribution in [0.25, 0.3) is 0 Å². The van der Waals surface area contributed by atoms with E-state index in [0.29, 0.717) is 11.4 Å². The van der Waals surface area contributed by atoms with Crippen molar-refractivity contribution in [3.63, 3.8) is 0 Å². The zero-order valence-electron chi connectivity index (χ0n) is 12.1. The molecular weight excluding hydrogens is 283 g/mol. The fourth-order valence-electron chi connectivity index (χ4n) is 1.71. The average molecular weight is 303 g/mol. The van der Waals surface area contributed by atoms with Gasteiger partial charge in [-0.1, -0.05) is 6.07 Å². The SMILES string of the molecule is Cc1ccc(N)cc1NC(=O)CCN(C)CCC(F)(F)F. The highest BCUT2D eigenvalue weighted by atomic mass is 19.4. The monoisotopic (exact) mass is 303 g/mol. The van der Waals surface area contributed by atoms with Gasteiger partial charge in [0, 0.05) is 30.9 Å². The molecule has 0 atom stereocenters. The Hall–Kier alpha value is -1.76. The second-order valence-corrected chi connectivity index (χ2v) is 5.04. The van der Waals surface area contributed by atoms with Gasteiger partial charge < -0.3 is 16.0 Å². The van der Waals surface area contributed by atoms with Crippen molar-refractivity contribution in [2.24, 2.45) is 0 Å². The number of hydrogen-bond donors (Lipinski definition) is 2. The number of nitrogen functional groups attached to an aromatic ring is 1. The van der Waals surface area contributed by atoms with E-state index in [9.17, 15) is 18.0 Å². The van der Waals surface area contributed by atoms with E-state index in [-0.39, 0.29) is 25.4 Å². The van der Waals surface area contributed by atoms with Crippen LogP contribution in [-0.4, -0.2) is 37.1 Å². The lowest BCUT2D eigenvalue weighted by molar-refractivity contribution is -0.137. The second-order valence-electron chi connectivity index (χ2n) is 5.04. The summed E-state index contributed by atoms with van der Waals surface area (Å²) >= 11 is 0. The van der Waals surface area contributed by atoms with E-state index >= 15 is 0 Å². The number of nitrogens with zero attached hydrogens (tertiary/aromatic N) is 1. The second kappa shape index (κ2) is 7.31. The lowest BCUT2D eigenvalue weighted by atomic mass is 10.2. The van der Waals surface area contributed by atoms with Gasteiger partial charge in [0.05, 0.1) is 6.42 Å². The van der Waals surface area contributed by atoms with E-state index in [4.69, 9.17) is 5.73 Å². The summed E-state index contributed by atoms with van der Waals surface area (Å²) in [6, 6.07) is 5.18. The first-order chi connectivity index (χ1) is 9.67. The Bertz CT molecular complexity index is 489. The van der Waals surface area contributed by atoms with Gasteiger partial charge in [-0.25, -0.2) is 0 Å². The van der Waals surface area contributed by atoms with E-state index in [2.05, 4.69) is 5.32 Å². The number of nitrogens with one attached hydrogen (secondary N) is 1. The van der Waals surface area contributed by atoms with E-state index in [0.717, 1.165) is 5.56 Å². The molecule has 118 valence electrons. The lowest BCUT2D eigenvalue weighted by Crippen LogP contribution is -2.28. The molecule has 0 saturated heterocycles. The molecule has 0 radical (unpaired) electrons. The first-order valence-corrected chi connectivity index (χ1v) is 6.58. The number of carbonyl (C=O) groups excluding carboxylic acids is 1. The summed E-state index contributed by atoms with van der Waals surface area (Å²) < 4.78 is 36.2. The number of rotatable bonds is 6. The third-order valence-electron chi connectivity index (χ3n) is 3.03. The molecule has 7 heteroatoms. The van der Waals surface area contributed by atoms with Crippen LogP contribution >= 0.6 is 0 Å². The van der Waals surface area contributed by atoms with Gasteiger partial charge in [-0.15, -0.1) is 0 Å². The van der Waals surface area contributed by atoms with Gasteiger partial charge in [-0.2, -0.15) is 13.2 Å². The molecule has 4 nitrogen and oxygen atoms in total. The molecule has 0 fully saturated rings. The van der Waals surface area contributed by atoms with Crippen molar-refractivity contribution >= 4 is 17.3 Å². The molecule has 3 N–H and O–H groups in total. The third kappa shape index (κ3) is 6.99. The first-order valence-electron chi connectivity index (χ1n) is 6.58. The molecule has 0 aromatic heterocycles. The van der Waals surface area contributed by atoms with Gasteiger partial charge in [0.1, 0.15) is 0 Å². The number of amides is 1. The number of anilines is 2. The van der Waals surface area contributed by atoms with Crippen LogP contribution in [0.1, 0.15) is 18.4 Å². The number of alkyl halides is 3. The predicted octanol–water partition coefficient (Wildman–Crippen LogP) is 2.79. The van der Waals surface area contributed by atoms with Gasteiger partial charge in [0.15, 0.2) is 0 Å². The predicted molar refractivity (Wildman–Crippen MR) is 77.0 cm³/mol. The molecule has 0 aliphatic rings. The normalized spacial score (nSPS) is 11.7. The van der Waals surface area contributed by atoms with Crippen molar-refractivity contribution in [2.75, 3.05) is 31.2 Å². The molecule has 0 aliphatic carbocycles. The number of nitrogens with two attached hydrogens (primary N) is 1. The first kappa shape index (κ1) is 17.3. The van der Waals surface area contributed by atoms with Gasteiger partial charge in [0.25, 0.3) is 0 Å². The summed E-state index contributed by atoms with van der Waals surface area (Å²) in [5.74, 6) is -0.248. The number of benzene rings is 1. The molecule has 1 rings (SSSR count). The molecule has 0 spiro atoms.